The lowest BCUT2D eigenvalue weighted by molar-refractivity contribution is -0.385. The highest BCUT2D eigenvalue weighted by atomic mass is 16.6. The van der Waals surface area contributed by atoms with Crippen molar-refractivity contribution in [3.63, 3.8) is 0 Å². The van der Waals surface area contributed by atoms with Crippen LogP contribution in [0.2, 0.25) is 0 Å². The zero-order valence-electron chi connectivity index (χ0n) is 10.8. The number of aryl methyl sites for hydroxylation is 1. The molecule has 0 aliphatic heterocycles. The highest BCUT2D eigenvalue weighted by Gasteiger charge is 2.12. The van der Waals surface area contributed by atoms with Crippen molar-refractivity contribution in [1.29, 1.82) is 0 Å². The SMILES string of the molecule is Cc1cc(N[C@@H](C)c2ccccc2)ncc1[N+](=O)[O-]. The second-order valence-corrected chi connectivity index (χ2v) is 4.39. The Kier molecular flexibility index (Phi) is 3.75. The molecule has 1 atom stereocenters. The van der Waals surface area contributed by atoms with E-state index in [9.17, 15) is 10.1 Å². The summed E-state index contributed by atoms with van der Waals surface area (Å²) >= 11 is 0. The Bertz CT molecular complexity index is 584. The second kappa shape index (κ2) is 5.48. The summed E-state index contributed by atoms with van der Waals surface area (Å²) in [5.41, 5.74) is 1.78. The summed E-state index contributed by atoms with van der Waals surface area (Å²) in [6.07, 6.45) is 1.29. The van der Waals surface area contributed by atoms with E-state index in [4.69, 9.17) is 0 Å². The van der Waals surface area contributed by atoms with Gasteiger partial charge >= 0.3 is 0 Å². The maximum absolute atomic E-state index is 10.7. The van der Waals surface area contributed by atoms with Crippen molar-refractivity contribution in [3.8, 4) is 0 Å². The molecule has 5 nitrogen and oxygen atoms in total. The van der Waals surface area contributed by atoms with Crippen molar-refractivity contribution < 1.29 is 4.92 Å². The van der Waals surface area contributed by atoms with E-state index in [1.807, 2.05) is 37.3 Å². The number of anilines is 1. The molecule has 0 fully saturated rings. The van der Waals surface area contributed by atoms with E-state index >= 15 is 0 Å². The zero-order chi connectivity index (χ0) is 13.8. The number of rotatable bonds is 4. The number of nitro groups is 1. The van der Waals surface area contributed by atoms with Crippen molar-refractivity contribution in [1.82, 2.24) is 4.98 Å². The molecule has 1 aromatic heterocycles. The Morgan fingerprint density at radius 1 is 1.32 bits per heavy atom. The van der Waals surface area contributed by atoms with Crippen LogP contribution >= 0.6 is 0 Å². The van der Waals surface area contributed by atoms with Gasteiger partial charge in [0, 0.05) is 11.6 Å². The maximum Gasteiger partial charge on any atom is 0.290 e. The molecule has 0 unspecified atom stereocenters. The third-order valence-corrected chi connectivity index (χ3v) is 2.94. The van der Waals surface area contributed by atoms with Crippen LogP contribution in [0.25, 0.3) is 0 Å². The molecule has 0 radical (unpaired) electrons. The van der Waals surface area contributed by atoms with E-state index in [-0.39, 0.29) is 11.7 Å². The van der Waals surface area contributed by atoms with Crippen LogP contribution in [0.3, 0.4) is 0 Å². The summed E-state index contributed by atoms with van der Waals surface area (Å²) in [6, 6.07) is 11.7. The molecule has 19 heavy (non-hydrogen) atoms. The molecular formula is C14H15N3O2. The largest absolute Gasteiger partial charge is 0.364 e. The standard InChI is InChI=1S/C14H15N3O2/c1-10-8-14(15-9-13(10)17(18)19)16-11(2)12-6-4-3-5-7-12/h3-9,11H,1-2H3,(H,15,16)/t11-/m0/s1. The van der Waals surface area contributed by atoms with E-state index in [0.717, 1.165) is 5.56 Å². The van der Waals surface area contributed by atoms with Crippen molar-refractivity contribution in [2.24, 2.45) is 0 Å². The first kappa shape index (κ1) is 13.0. The van der Waals surface area contributed by atoms with Crippen LogP contribution in [-0.2, 0) is 0 Å². The lowest BCUT2D eigenvalue weighted by Gasteiger charge is -2.15. The van der Waals surface area contributed by atoms with E-state index in [0.29, 0.717) is 11.4 Å². The van der Waals surface area contributed by atoms with Crippen molar-refractivity contribution in [2.45, 2.75) is 19.9 Å². The van der Waals surface area contributed by atoms with Gasteiger partial charge in [0.05, 0.1) is 4.92 Å². The number of nitrogens with one attached hydrogen (secondary N) is 1. The smallest absolute Gasteiger partial charge is 0.290 e. The van der Waals surface area contributed by atoms with Gasteiger partial charge in [-0.25, -0.2) is 4.98 Å². The lowest BCUT2D eigenvalue weighted by atomic mass is 10.1. The Labute approximate surface area is 111 Å². The fraction of sp³-hybridized carbons (Fsp3) is 0.214. The highest BCUT2D eigenvalue weighted by molar-refractivity contribution is 5.48. The van der Waals surface area contributed by atoms with Gasteiger partial charge < -0.3 is 5.32 Å². The van der Waals surface area contributed by atoms with Crippen LogP contribution in [0, 0.1) is 17.0 Å². The minimum atomic E-state index is -0.424. The topological polar surface area (TPSA) is 68.1 Å². The Morgan fingerprint density at radius 3 is 2.58 bits per heavy atom. The van der Waals surface area contributed by atoms with E-state index < -0.39 is 4.92 Å². The molecule has 1 N–H and O–H groups in total. The van der Waals surface area contributed by atoms with Crippen LogP contribution in [0.15, 0.2) is 42.6 Å². The molecule has 0 saturated heterocycles. The number of benzene rings is 1. The van der Waals surface area contributed by atoms with Crippen molar-refractivity contribution in [3.05, 3.63) is 63.8 Å². The number of nitrogens with zero attached hydrogens (tertiary/aromatic N) is 2. The van der Waals surface area contributed by atoms with Gasteiger partial charge in [-0.2, -0.15) is 0 Å². The first-order valence-electron chi connectivity index (χ1n) is 6.00. The van der Waals surface area contributed by atoms with Crippen LogP contribution in [0.4, 0.5) is 11.5 Å². The van der Waals surface area contributed by atoms with Crippen molar-refractivity contribution in [2.75, 3.05) is 5.32 Å². The molecule has 0 bridgehead atoms. The molecule has 0 aliphatic carbocycles. The van der Waals surface area contributed by atoms with Crippen LogP contribution in [0.5, 0.6) is 0 Å². The minimum Gasteiger partial charge on any atom is -0.364 e. The average Bonchev–Trinajstić information content (AvgIpc) is 2.39. The monoisotopic (exact) mass is 257 g/mol. The van der Waals surface area contributed by atoms with Gasteiger partial charge in [0.2, 0.25) is 0 Å². The molecule has 1 heterocycles. The maximum atomic E-state index is 10.7. The Balaban J connectivity index is 2.16. The van der Waals surface area contributed by atoms with Gasteiger partial charge in [-0.05, 0) is 25.5 Å². The summed E-state index contributed by atoms with van der Waals surface area (Å²) in [7, 11) is 0. The minimum absolute atomic E-state index is 0.0397. The molecule has 0 aliphatic rings. The molecule has 0 spiro atoms. The van der Waals surface area contributed by atoms with Gasteiger partial charge in [-0.15, -0.1) is 0 Å². The lowest BCUT2D eigenvalue weighted by Crippen LogP contribution is -2.08. The van der Waals surface area contributed by atoms with E-state index in [1.165, 1.54) is 6.20 Å². The van der Waals surface area contributed by atoms with Crippen LogP contribution in [0.1, 0.15) is 24.1 Å². The van der Waals surface area contributed by atoms with Gasteiger partial charge in [0.15, 0.2) is 0 Å². The normalized spacial score (nSPS) is 11.9. The summed E-state index contributed by atoms with van der Waals surface area (Å²) in [5, 5.41) is 14.0. The summed E-state index contributed by atoms with van der Waals surface area (Å²) in [4.78, 5) is 14.4. The summed E-state index contributed by atoms with van der Waals surface area (Å²) < 4.78 is 0. The van der Waals surface area contributed by atoms with E-state index in [1.54, 1.807) is 13.0 Å². The number of hydrogen-bond donors (Lipinski definition) is 1. The van der Waals surface area contributed by atoms with Gasteiger partial charge in [-0.3, -0.25) is 10.1 Å². The number of aromatic nitrogens is 1. The molecule has 2 rings (SSSR count). The first-order chi connectivity index (χ1) is 9.08. The van der Waals surface area contributed by atoms with Gasteiger partial charge in [0.25, 0.3) is 5.69 Å². The highest BCUT2D eigenvalue weighted by Crippen LogP contribution is 2.22. The molecular weight excluding hydrogens is 242 g/mol. The second-order valence-electron chi connectivity index (χ2n) is 4.39. The predicted octanol–water partition coefficient (Wildman–Crippen LogP) is 3.47. The average molecular weight is 257 g/mol. The van der Waals surface area contributed by atoms with E-state index in [2.05, 4.69) is 10.3 Å². The number of pyridine rings is 1. The molecule has 0 saturated carbocycles. The van der Waals surface area contributed by atoms with Gasteiger partial charge in [0.1, 0.15) is 12.0 Å². The van der Waals surface area contributed by atoms with Gasteiger partial charge in [-0.1, -0.05) is 30.3 Å². The van der Waals surface area contributed by atoms with Crippen LogP contribution < -0.4 is 5.32 Å². The predicted molar refractivity (Wildman–Crippen MR) is 74.1 cm³/mol. The quantitative estimate of drug-likeness (QED) is 0.672. The molecule has 98 valence electrons. The molecule has 5 heteroatoms. The summed E-state index contributed by atoms with van der Waals surface area (Å²) in [6.45, 7) is 3.73. The van der Waals surface area contributed by atoms with Crippen LogP contribution in [-0.4, -0.2) is 9.91 Å². The number of hydrogen-bond acceptors (Lipinski definition) is 4. The van der Waals surface area contributed by atoms with Crippen molar-refractivity contribution >= 4 is 11.5 Å². The fourth-order valence-corrected chi connectivity index (χ4v) is 1.87. The Morgan fingerprint density at radius 2 is 2.00 bits per heavy atom. The molecule has 2 aromatic rings. The zero-order valence-corrected chi connectivity index (χ0v) is 10.8. The third kappa shape index (κ3) is 3.07. The summed E-state index contributed by atoms with van der Waals surface area (Å²) in [5.74, 6) is 0.638. The third-order valence-electron chi connectivity index (χ3n) is 2.94. The first-order valence-corrected chi connectivity index (χ1v) is 6.00. The molecule has 0 amide bonds. The Hall–Kier alpha value is -2.43. The molecule has 1 aromatic carbocycles. The fourth-order valence-electron chi connectivity index (χ4n) is 1.87.